The molecule has 1 aromatic carbocycles. The summed E-state index contributed by atoms with van der Waals surface area (Å²) in [6, 6.07) is 9.46. The molecule has 0 spiro atoms. The van der Waals surface area contributed by atoms with Gasteiger partial charge in [-0.05, 0) is 43.9 Å². The first-order chi connectivity index (χ1) is 8.27. The first kappa shape index (κ1) is 11.5. The van der Waals surface area contributed by atoms with Crippen molar-refractivity contribution in [1.29, 1.82) is 0 Å². The first-order valence-electron chi connectivity index (χ1n) is 6.53. The molecule has 3 heteroatoms. The summed E-state index contributed by atoms with van der Waals surface area (Å²) in [7, 11) is 0. The minimum Gasteiger partial charge on any atom is -0.326 e. The van der Waals surface area contributed by atoms with E-state index in [1.165, 1.54) is 31.4 Å². The van der Waals surface area contributed by atoms with Gasteiger partial charge in [0.25, 0.3) is 0 Å². The molecule has 1 saturated heterocycles. The van der Waals surface area contributed by atoms with Crippen LogP contribution in [0.4, 0.5) is 0 Å². The molecule has 0 aromatic heterocycles. The molecule has 1 saturated carbocycles. The highest BCUT2D eigenvalue weighted by atomic mass is 35.5. The van der Waals surface area contributed by atoms with E-state index in [4.69, 9.17) is 17.3 Å². The van der Waals surface area contributed by atoms with Crippen LogP contribution in [0.15, 0.2) is 24.3 Å². The summed E-state index contributed by atoms with van der Waals surface area (Å²) in [6.07, 6.45) is 4.99. The van der Waals surface area contributed by atoms with Crippen LogP contribution < -0.4 is 5.73 Å². The van der Waals surface area contributed by atoms with E-state index < -0.39 is 0 Å². The van der Waals surface area contributed by atoms with Crippen LogP contribution >= 0.6 is 11.6 Å². The Bertz CT molecular complexity index is 403. The van der Waals surface area contributed by atoms with Gasteiger partial charge in [0.05, 0.1) is 6.04 Å². The molecule has 1 aromatic rings. The molecule has 2 aliphatic rings. The predicted molar refractivity (Wildman–Crippen MR) is 71.1 cm³/mol. The molecular formula is C14H19ClN2. The smallest absolute Gasteiger partial charge is 0.0516 e. The summed E-state index contributed by atoms with van der Waals surface area (Å²) in [4.78, 5) is 2.58. The van der Waals surface area contributed by atoms with E-state index in [2.05, 4.69) is 17.0 Å². The molecule has 0 amide bonds. The van der Waals surface area contributed by atoms with Crippen molar-refractivity contribution in [1.82, 2.24) is 4.90 Å². The summed E-state index contributed by atoms with van der Waals surface area (Å²) >= 11 is 6.33. The lowest BCUT2D eigenvalue weighted by Crippen LogP contribution is -2.46. The maximum Gasteiger partial charge on any atom is 0.0516 e. The Morgan fingerprint density at radius 2 is 1.94 bits per heavy atom. The molecule has 2 unspecified atom stereocenters. The number of likely N-dealkylation sites (tertiary alicyclic amines) is 1. The molecule has 3 rings (SSSR count). The van der Waals surface area contributed by atoms with E-state index in [0.717, 1.165) is 17.5 Å². The van der Waals surface area contributed by atoms with Crippen molar-refractivity contribution in [2.24, 2.45) is 5.73 Å². The number of nitrogens with two attached hydrogens (primary N) is 1. The summed E-state index contributed by atoms with van der Waals surface area (Å²) in [5.74, 6) is 0. The SMILES string of the molecule is NC1CCCN(C2CC2)C1c1ccccc1Cl. The normalized spacial score (nSPS) is 30.5. The molecule has 0 radical (unpaired) electrons. The van der Waals surface area contributed by atoms with Crippen LogP contribution in [0.1, 0.15) is 37.3 Å². The molecule has 1 aliphatic heterocycles. The van der Waals surface area contributed by atoms with Crippen LogP contribution in [-0.2, 0) is 0 Å². The van der Waals surface area contributed by atoms with Gasteiger partial charge in [0.1, 0.15) is 0 Å². The maximum atomic E-state index is 6.34. The molecule has 1 heterocycles. The monoisotopic (exact) mass is 250 g/mol. The number of hydrogen-bond donors (Lipinski definition) is 1. The minimum absolute atomic E-state index is 0.226. The fourth-order valence-corrected chi connectivity index (χ4v) is 3.24. The van der Waals surface area contributed by atoms with Crippen molar-refractivity contribution in [2.75, 3.05) is 6.54 Å². The molecule has 0 bridgehead atoms. The van der Waals surface area contributed by atoms with Crippen LogP contribution in [0.5, 0.6) is 0 Å². The molecule has 2 atom stereocenters. The van der Waals surface area contributed by atoms with Gasteiger partial charge in [-0.2, -0.15) is 0 Å². The number of hydrogen-bond acceptors (Lipinski definition) is 2. The number of halogens is 1. The Kier molecular flexibility index (Phi) is 3.12. The summed E-state index contributed by atoms with van der Waals surface area (Å²) in [5, 5.41) is 0.862. The van der Waals surface area contributed by atoms with Gasteiger partial charge in [-0.1, -0.05) is 29.8 Å². The van der Waals surface area contributed by atoms with E-state index in [1.54, 1.807) is 0 Å². The van der Waals surface area contributed by atoms with Gasteiger partial charge in [-0.15, -0.1) is 0 Å². The molecule has 1 aliphatic carbocycles. The quantitative estimate of drug-likeness (QED) is 0.875. The van der Waals surface area contributed by atoms with Crippen molar-refractivity contribution >= 4 is 11.6 Å². The third-order valence-corrected chi connectivity index (χ3v) is 4.30. The standard InChI is InChI=1S/C14H19ClN2/c15-12-5-2-1-4-11(12)14-13(16)6-3-9-17(14)10-7-8-10/h1-2,4-5,10,13-14H,3,6-9,16H2. The molecular weight excluding hydrogens is 232 g/mol. The van der Waals surface area contributed by atoms with Crippen LogP contribution in [0.25, 0.3) is 0 Å². The Balaban J connectivity index is 1.93. The zero-order valence-electron chi connectivity index (χ0n) is 9.98. The molecule has 17 heavy (non-hydrogen) atoms. The highest BCUT2D eigenvalue weighted by Gasteiger charge is 2.39. The van der Waals surface area contributed by atoms with Crippen LogP contribution in [0.3, 0.4) is 0 Å². The summed E-state index contributed by atoms with van der Waals surface area (Å²) in [5.41, 5.74) is 7.55. The third kappa shape index (κ3) is 2.22. The molecule has 2 fully saturated rings. The second-order valence-electron chi connectivity index (χ2n) is 5.24. The Morgan fingerprint density at radius 3 is 2.65 bits per heavy atom. The van der Waals surface area contributed by atoms with E-state index in [1.807, 2.05) is 12.1 Å². The topological polar surface area (TPSA) is 29.3 Å². The largest absolute Gasteiger partial charge is 0.326 e. The van der Waals surface area contributed by atoms with Gasteiger partial charge in [0.15, 0.2) is 0 Å². The average molecular weight is 251 g/mol. The summed E-state index contributed by atoms with van der Waals surface area (Å²) < 4.78 is 0. The molecule has 2 nitrogen and oxygen atoms in total. The zero-order chi connectivity index (χ0) is 11.8. The van der Waals surface area contributed by atoms with Crippen molar-refractivity contribution < 1.29 is 0 Å². The predicted octanol–water partition coefficient (Wildman–Crippen LogP) is 2.97. The maximum absolute atomic E-state index is 6.34. The van der Waals surface area contributed by atoms with Crippen LogP contribution in [-0.4, -0.2) is 23.5 Å². The van der Waals surface area contributed by atoms with E-state index in [0.29, 0.717) is 6.04 Å². The third-order valence-electron chi connectivity index (χ3n) is 3.96. The van der Waals surface area contributed by atoms with Gasteiger partial charge in [0, 0.05) is 17.1 Å². The van der Waals surface area contributed by atoms with Crippen molar-refractivity contribution in [2.45, 2.75) is 43.8 Å². The van der Waals surface area contributed by atoms with Crippen LogP contribution in [0.2, 0.25) is 5.02 Å². The van der Waals surface area contributed by atoms with Gasteiger partial charge in [0.2, 0.25) is 0 Å². The number of rotatable bonds is 2. The molecule has 92 valence electrons. The second-order valence-corrected chi connectivity index (χ2v) is 5.65. The number of piperidine rings is 1. The average Bonchev–Trinajstić information content (AvgIpc) is 3.14. The Labute approximate surface area is 108 Å². The highest BCUT2D eigenvalue weighted by Crippen LogP contribution is 2.41. The Hall–Kier alpha value is -0.570. The zero-order valence-corrected chi connectivity index (χ0v) is 10.7. The van der Waals surface area contributed by atoms with Gasteiger partial charge in [-0.3, -0.25) is 4.90 Å². The fourth-order valence-electron chi connectivity index (χ4n) is 2.99. The second kappa shape index (κ2) is 4.60. The van der Waals surface area contributed by atoms with Crippen molar-refractivity contribution in [3.05, 3.63) is 34.9 Å². The summed E-state index contributed by atoms with van der Waals surface area (Å²) in [6.45, 7) is 1.17. The highest BCUT2D eigenvalue weighted by molar-refractivity contribution is 6.31. The minimum atomic E-state index is 0.226. The number of nitrogens with zero attached hydrogens (tertiary/aromatic N) is 1. The number of benzene rings is 1. The van der Waals surface area contributed by atoms with Crippen molar-refractivity contribution in [3.8, 4) is 0 Å². The van der Waals surface area contributed by atoms with E-state index in [9.17, 15) is 0 Å². The van der Waals surface area contributed by atoms with E-state index in [-0.39, 0.29) is 6.04 Å². The first-order valence-corrected chi connectivity index (χ1v) is 6.91. The van der Waals surface area contributed by atoms with Crippen LogP contribution in [0, 0.1) is 0 Å². The lowest BCUT2D eigenvalue weighted by molar-refractivity contribution is 0.120. The van der Waals surface area contributed by atoms with Gasteiger partial charge < -0.3 is 5.73 Å². The van der Waals surface area contributed by atoms with Crippen molar-refractivity contribution in [3.63, 3.8) is 0 Å². The fraction of sp³-hybridized carbons (Fsp3) is 0.571. The lowest BCUT2D eigenvalue weighted by Gasteiger charge is -2.40. The van der Waals surface area contributed by atoms with Gasteiger partial charge in [-0.25, -0.2) is 0 Å². The van der Waals surface area contributed by atoms with Gasteiger partial charge >= 0.3 is 0 Å². The van der Waals surface area contributed by atoms with E-state index >= 15 is 0 Å². The Morgan fingerprint density at radius 1 is 1.18 bits per heavy atom. The lowest BCUT2D eigenvalue weighted by atomic mass is 9.90. The molecule has 2 N–H and O–H groups in total.